The van der Waals surface area contributed by atoms with E-state index in [0.717, 1.165) is 37.6 Å². The minimum atomic E-state index is -0.355. The van der Waals surface area contributed by atoms with Crippen LogP contribution in [0.4, 0.5) is 0 Å². The van der Waals surface area contributed by atoms with Gasteiger partial charge in [0.15, 0.2) is 6.10 Å². The summed E-state index contributed by atoms with van der Waals surface area (Å²) in [6.45, 7) is 8.04. The molecule has 0 N–H and O–H groups in total. The first-order chi connectivity index (χ1) is 9.60. The Morgan fingerprint density at radius 2 is 1.90 bits per heavy atom. The Morgan fingerprint density at radius 3 is 2.45 bits per heavy atom. The van der Waals surface area contributed by atoms with Crippen molar-refractivity contribution >= 4 is 5.91 Å². The third-order valence-electron chi connectivity index (χ3n) is 4.04. The molecule has 0 radical (unpaired) electrons. The molecule has 0 aromatic heterocycles. The first kappa shape index (κ1) is 14.9. The highest BCUT2D eigenvalue weighted by atomic mass is 16.5. The SMILES string of the molecule is CC[C@@H](Oc1ccc(C)cc1)C(=O)N1CCC(C)CC1. The minimum absolute atomic E-state index is 0.139. The normalized spacial score (nSPS) is 17.9. The summed E-state index contributed by atoms with van der Waals surface area (Å²) in [7, 11) is 0. The maximum atomic E-state index is 12.5. The molecule has 0 saturated carbocycles. The van der Waals surface area contributed by atoms with Crippen LogP contribution in [0.3, 0.4) is 0 Å². The fourth-order valence-electron chi connectivity index (χ4n) is 2.52. The summed E-state index contributed by atoms with van der Waals surface area (Å²) in [6.07, 6.45) is 2.56. The summed E-state index contributed by atoms with van der Waals surface area (Å²) >= 11 is 0. The zero-order valence-corrected chi connectivity index (χ0v) is 12.8. The number of rotatable bonds is 4. The fourth-order valence-corrected chi connectivity index (χ4v) is 2.52. The number of hydrogen-bond acceptors (Lipinski definition) is 2. The maximum absolute atomic E-state index is 12.5. The lowest BCUT2D eigenvalue weighted by molar-refractivity contribution is -0.140. The zero-order valence-electron chi connectivity index (χ0n) is 12.8. The molecule has 1 aromatic rings. The molecular weight excluding hydrogens is 250 g/mol. The topological polar surface area (TPSA) is 29.5 Å². The van der Waals surface area contributed by atoms with Gasteiger partial charge in [0, 0.05) is 13.1 Å². The van der Waals surface area contributed by atoms with E-state index in [-0.39, 0.29) is 12.0 Å². The lowest BCUT2D eigenvalue weighted by Gasteiger charge is -2.32. The Balaban J connectivity index is 1.97. The highest BCUT2D eigenvalue weighted by molar-refractivity contribution is 5.81. The van der Waals surface area contributed by atoms with Crippen LogP contribution in [-0.2, 0) is 4.79 Å². The first-order valence-corrected chi connectivity index (χ1v) is 7.62. The van der Waals surface area contributed by atoms with Crippen LogP contribution in [0.2, 0.25) is 0 Å². The summed E-state index contributed by atoms with van der Waals surface area (Å²) < 4.78 is 5.87. The summed E-state index contributed by atoms with van der Waals surface area (Å²) in [5.74, 6) is 1.65. The number of aryl methyl sites for hydroxylation is 1. The molecular formula is C17H25NO2. The largest absolute Gasteiger partial charge is 0.481 e. The number of nitrogens with zero attached hydrogens (tertiary/aromatic N) is 1. The number of hydrogen-bond donors (Lipinski definition) is 0. The van der Waals surface area contributed by atoms with Gasteiger partial charge < -0.3 is 9.64 Å². The van der Waals surface area contributed by atoms with Crippen LogP contribution < -0.4 is 4.74 Å². The molecule has 3 heteroatoms. The van der Waals surface area contributed by atoms with Crippen LogP contribution in [0, 0.1) is 12.8 Å². The van der Waals surface area contributed by atoms with Gasteiger partial charge in [-0.1, -0.05) is 31.5 Å². The van der Waals surface area contributed by atoms with Gasteiger partial charge >= 0.3 is 0 Å². The first-order valence-electron chi connectivity index (χ1n) is 7.62. The molecule has 20 heavy (non-hydrogen) atoms. The number of likely N-dealkylation sites (tertiary alicyclic amines) is 1. The highest BCUT2D eigenvalue weighted by Crippen LogP contribution is 2.20. The Labute approximate surface area is 121 Å². The molecule has 1 fully saturated rings. The third kappa shape index (κ3) is 3.75. The van der Waals surface area contributed by atoms with Gasteiger partial charge in [-0.05, 0) is 44.2 Å². The minimum Gasteiger partial charge on any atom is -0.481 e. The highest BCUT2D eigenvalue weighted by Gasteiger charge is 2.27. The van der Waals surface area contributed by atoms with Crippen molar-refractivity contribution in [3.05, 3.63) is 29.8 Å². The van der Waals surface area contributed by atoms with Crippen molar-refractivity contribution in [1.82, 2.24) is 4.90 Å². The van der Waals surface area contributed by atoms with Crippen molar-refractivity contribution in [3.8, 4) is 5.75 Å². The summed E-state index contributed by atoms with van der Waals surface area (Å²) in [4.78, 5) is 14.5. The monoisotopic (exact) mass is 275 g/mol. The average molecular weight is 275 g/mol. The predicted molar refractivity (Wildman–Crippen MR) is 80.9 cm³/mol. The number of ether oxygens (including phenoxy) is 1. The molecule has 1 heterocycles. The molecule has 0 aliphatic carbocycles. The number of carbonyl (C=O) groups is 1. The van der Waals surface area contributed by atoms with Gasteiger partial charge in [-0.2, -0.15) is 0 Å². The van der Waals surface area contributed by atoms with E-state index in [1.807, 2.05) is 43.0 Å². The number of amides is 1. The maximum Gasteiger partial charge on any atom is 0.263 e. The van der Waals surface area contributed by atoms with E-state index in [0.29, 0.717) is 6.42 Å². The molecule has 1 aliphatic heterocycles. The molecule has 1 saturated heterocycles. The Bertz CT molecular complexity index is 433. The van der Waals surface area contributed by atoms with Crippen molar-refractivity contribution in [2.75, 3.05) is 13.1 Å². The van der Waals surface area contributed by atoms with Gasteiger partial charge in [-0.25, -0.2) is 0 Å². The van der Waals surface area contributed by atoms with Crippen LogP contribution in [0.25, 0.3) is 0 Å². The van der Waals surface area contributed by atoms with E-state index in [1.165, 1.54) is 5.56 Å². The van der Waals surface area contributed by atoms with Gasteiger partial charge in [0.2, 0.25) is 0 Å². The fraction of sp³-hybridized carbons (Fsp3) is 0.588. The molecule has 1 amide bonds. The Morgan fingerprint density at radius 1 is 1.30 bits per heavy atom. The zero-order chi connectivity index (χ0) is 14.5. The van der Waals surface area contributed by atoms with Gasteiger partial charge in [-0.15, -0.1) is 0 Å². The standard InChI is InChI=1S/C17H25NO2/c1-4-16(20-15-7-5-13(2)6-8-15)17(19)18-11-9-14(3)10-12-18/h5-8,14,16H,4,9-12H2,1-3H3/t16-/m1/s1. The van der Waals surface area contributed by atoms with E-state index >= 15 is 0 Å². The molecule has 1 aromatic carbocycles. The van der Waals surface area contributed by atoms with Crippen LogP contribution in [0.15, 0.2) is 24.3 Å². The molecule has 1 atom stereocenters. The van der Waals surface area contributed by atoms with E-state index < -0.39 is 0 Å². The summed E-state index contributed by atoms with van der Waals surface area (Å²) in [6, 6.07) is 7.89. The van der Waals surface area contributed by atoms with Crippen molar-refractivity contribution in [2.45, 2.75) is 46.1 Å². The third-order valence-corrected chi connectivity index (χ3v) is 4.04. The molecule has 1 aliphatic rings. The molecule has 2 rings (SSSR count). The van der Waals surface area contributed by atoms with E-state index in [1.54, 1.807) is 0 Å². The van der Waals surface area contributed by atoms with Gasteiger partial charge in [0.05, 0.1) is 0 Å². The van der Waals surface area contributed by atoms with E-state index in [9.17, 15) is 4.79 Å². The number of piperidine rings is 1. The Hall–Kier alpha value is -1.51. The van der Waals surface area contributed by atoms with Crippen LogP contribution in [-0.4, -0.2) is 30.0 Å². The Kier molecular flexibility index (Phi) is 5.05. The molecule has 0 bridgehead atoms. The van der Waals surface area contributed by atoms with Gasteiger partial charge in [0.25, 0.3) is 5.91 Å². The second-order valence-electron chi connectivity index (χ2n) is 5.84. The summed E-state index contributed by atoms with van der Waals surface area (Å²) in [5.41, 5.74) is 1.20. The van der Waals surface area contributed by atoms with E-state index in [4.69, 9.17) is 4.74 Å². The van der Waals surface area contributed by atoms with Crippen LogP contribution >= 0.6 is 0 Å². The lowest BCUT2D eigenvalue weighted by atomic mass is 9.99. The molecule has 3 nitrogen and oxygen atoms in total. The van der Waals surface area contributed by atoms with Crippen LogP contribution in [0.1, 0.15) is 38.7 Å². The lowest BCUT2D eigenvalue weighted by Crippen LogP contribution is -2.45. The second kappa shape index (κ2) is 6.78. The quantitative estimate of drug-likeness (QED) is 0.842. The average Bonchev–Trinajstić information content (AvgIpc) is 2.47. The van der Waals surface area contributed by atoms with Crippen molar-refractivity contribution < 1.29 is 9.53 Å². The van der Waals surface area contributed by atoms with Crippen molar-refractivity contribution in [2.24, 2.45) is 5.92 Å². The molecule has 0 spiro atoms. The van der Waals surface area contributed by atoms with Crippen molar-refractivity contribution in [1.29, 1.82) is 0 Å². The smallest absolute Gasteiger partial charge is 0.263 e. The number of carbonyl (C=O) groups excluding carboxylic acids is 1. The molecule has 110 valence electrons. The number of benzene rings is 1. The molecule has 0 unspecified atom stereocenters. The predicted octanol–water partition coefficient (Wildman–Crippen LogP) is 3.41. The van der Waals surface area contributed by atoms with E-state index in [2.05, 4.69) is 6.92 Å². The summed E-state index contributed by atoms with van der Waals surface area (Å²) in [5, 5.41) is 0. The van der Waals surface area contributed by atoms with Gasteiger partial charge in [0.1, 0.15) is 5.75 Å². The van der Waals surface area contributed by atoms with Crippen LogP contribution in [0.5, 0.6) is 5.75 Å². The second-order valence-corrected chi connectivity index (χ2v) is 5.84. The van der Waals surface area contributed by atoms with Crippen molar-refractivity contribution in [3.63, 3.8) is 0 Å². The van der Waals surface area contributed by atoms with Gasteiger partial charge in [-0.3, -0.25) is 4.79 Å².